The molecule has 2 amide bonds. The summed E-state index contributed by atoms with van der Waals surface area (Å²) >= 11 is 7.29. The Labute approximate surface area is 217 Å². The molecule has 0 bridgehead atoms. The summed E-state index contributed by atoms with van der Waals surface area (Å²) in [6.45, 7) is 0.379. The van der Waals surface area contributed by atoms with Gasteiger partial charge in [-0.3, -0.25) is 9.59 Å². The molecule has 0 radical (unpaired) electrons. The molecule has 10 heteroatoms. The Kier molecular flexibility index (Phi) is 8.35. The third-order valence-corrected chi connectivity index (χ3v) is 6.99. The van der Waals surface area contributed by atoms with Crippen LogP contribution in [0.2, 0.25) is 5.02 Å². The van der Waals surface area contributed by atoms with E-state index in [-0.39, 0.29) is 0 Å². The summed E-state index contributed by atoms with van der Waals surface area (Å²) < 4.78 is 10.6. The van der Waals surface area contributed by atoms with Crippen LogP contribution in [0.3, 0.4) is 0 Å². The van der Waals surface area contributed by atoms with E-state index >= 15 is 0 Å². The lowest BCUT2D eigenvalue weighted by molar-refractivity contribution is -0.136. The summed E-state index contributed by atoms with van der Waals surface area (Å²) in [6, 6.07) is 14.5. The molecule has 4 rings (SSSR count). The van der Waals surface area contributed by atoms with Crippen LogP contribution in [-0.4, -0.2) is 31.1 Å². The number of aryl methyl sites for hydroxylation is 1. The molecule has 2 N–H and O–H groups in total. The summed E-state index contributed by atoms with van der Waals surface area (Å²) in [6.07, 6.45) is 4.97. The summed E-state index contributed by atoms with van der Waals surface area (Å²) in [5.41, 5.74) is 5.09. The fourth-order valence-electron chi connectivity index (χ4n) is 3.79. The molecule has 0 aliphatic heterocycles. The number of ether oxygens (including phenoxy) is 2. The molecule has 36 heavy (non-hydrogen) atoms. The average Bonchev–Trinajstić information content (AvgIpc) is 3.25. The number of hydrazone groups is 1. The predicted molar refractivity (Wildman–Crippen MR) is 139 cm³/mol. The second kappa shape index (κ2) is 11.8. The van der Waals surface area contributed by atoms with Crippen molar-refractivity contribution in [1.29, 1.82) is 0 Å². The number of rotatable bonds is 7. The monoisotopic (exact) mass is 525 g/mol. The number of benzene rings is 2. The van der Waals surface area contributed by atoms with Gasteiger partial charge in [0.25, 0.3) is 0 Å². The molecule has 186 valence electrons. The second-order valence-corrected chi connectivity index (χ2v) is 9.59. The first kappa shape index (κ1) is 25.4. The summed E-state index contributed by atoms with van der Waals surface area (Å²) in [7, 11) is 1.29. The molecule has 0 fully saturated rings. The van der Waals surface area contributed by atoms with Crippen molar-refractivity contribution in [2.24, 2.45) is 5.10 Å². The van der Waals surface area contributed by atoms with Gasteiger partial charge in [-0.2, -0.15) is 5.10 Å². The van der Waals surface area contributed by atoms with Gasteiger partial charge in [0.15, 0.2) is 0 Å². The van der Waals surface area contributed by atoms with Crippen LogP contribution in [0.5, 0.6) is 5.75 Å². The van der Waals surface area contributed by atoms with Gasteiger partial charge in [-0.25, -0.2) is 10.2 Å². The van der Waals surface area contributed by atoms with Gasteiger partial charge in [-0.1, -0.05) is 23.7 Å². The number of esters is 1. The zero-order chi connectivity index (χ0) is 25.5. The molecule has 1 aliphatic rings. The van der Waals surface area contributed by atoms with Crippen molar-refractivity contribution in [3.05, 3.63) is 80.7 Å². The van der Waals surface area contributed by atoms with Crippen molar-refractivity contribution in [3.63, 3.8) is 0 Å². The number of anilines is 1. The number of halogens is 1. The molecule has 0 atom stereocenters. The zero-order valence-corrected chi connectivity index (χ0v) is 21.1. The molecular formula is C26H24ClN3O5S. The molecule has 0 unspecified atom stereocenters. The van der Waals surface area contributed by atoms with E-state index in [0.717, 1.165) is 41.7 Å². The molecule has 1 heterocycles. The standard InChI is InChI=1S/C26H24ClN3O5S/c1-34-26(33)22-20-7-2-3-8-21(20)36-25(22)29-23(31)24(32)30-28-14-16-9-11-19(12-10-16)35-15-17-5-4-6-18(27)13-17/h4-6,9-14H,2-3,7-8,15H2,1H3,(H,29,31)(H,30,32)/b28-14+. The molecule has 1 aliphatic carbocycles. The van der Waals surface area contributed by atoms with Crippen LogP contribution in [0.1, 0.15) is 44.8 Å². The lowest BCUT2D eigenvalue weighted by atomic mass is 9.95. The number of carbonyl (C=O) groups excluding carboxylic acids is 3. The molecule has 3 aromatic rings. The fraction of sp³-hybridized carbons (Fsp3) is 0.231. The molecule has 2 aromatic carbocycles. The van der Waals surface area contributed by atoms with Crippen LogP contribution in [0, 0.1) is 0 Å². The maximum atomic E-state index is 12.4. The number of nitrogens with one attached hydrogen (secondary N) is 2. The number of methoxy groups -OCH3 is 1. The first-order valence-electron chi connectivity index (χ1n) is 11.3. The first-order chi connectivity index (χ1) is 17.4. The number of thiophene rings is 1. The quantitative estimate of drug-likeness (QED) is 0.201. The van der Waals surface area contributed by atoms with E-state index in [4.69, 9.17) is 21.1 Å². The summed E-state index contributed by atoms with van der Waals surface area (Å²) in [5.74, 6) is -1.73. The smallest absolute Gasteiger partial charge is 0.341 e. The number of hydrogen-bond donors (Lipinski definition) is 2. The second-order valence-electron chi connectivity index (χ2n) is 8.05. The van der Waals surface area contributed by atoms with Crippen LogP contribution in [0.15, 0.2) is 53.6 Å². The van der Waals surface area contributed by atoms with E-state index < -0.39 is 17.8 Å². The lowest BCUT2D eigenvalue weighted by Gasteiger charge is -2.11. The highest BCUT2D eigenvalue weighted by Crippen LogP contribution is 2.38. The topological polar surface area (TPSA) is 106 Å². The van der Waals surface area contributed by atoms with E-state index in [0.29, 0.717) is 33.5 Å². The number of carbonyl (C=O) groups is 3. The Bertz CT molecular complexity index is 1300. The van der Waals surface area contributed by atoms with Crippen molar-refractivity contribution < 1.29 is 23.9 Å². The van der Waals surface area contributed by atoms with E-state index in [1.165, 1.54) is 24.7 Å². The van der Waals surface area contributed by atoms with Crippen molar-refractivity contribution >= 4 is 51.9 Å². The van der Waals surface area contributed by atoms with Crippen molar-refractivity contribution in [3.8, 4) is 5.75 Å². The Balaban J connectivity index is 1.31. The maximum absolute atomic E-state index is 12.4. The third kappa shape index (κ3) is 6.30. The van der Waals surface area contributed by atoms with E-state index in [9.17, 15) is 14.4 Å². The Morgan fingerprint density at radius 1 is 1.08 bits per heavy atom. The SMILES string of the molecule is COC(=O)c1c(NC(=O)C(=O)N/N=C/c2ccc(OCc3cccc(Cl)c3)cc2)sc2c1CCCC2. The van der Waals surface area contributed by atoms with Gasteiger partial charge in [0.05, 0.1) is 18.9 Å². The summed E-state index contributed by atoms with van der Waals surface area (Å²) in [4.78, 5) is 38.0. The van der Waals surface area contributed by atoms with Crippen LogP contribution in [0.25, 0.3) is 0 Å². The average molecular weight is 526 g/mol. The highest BCUT2D eigenvalue weighted by Gasteiger charge is 2.28. The van der Waals surface area contributed by atoms with Crippen molar-refractivity contribution in [1.82, 2.24) is 5.43 Å². The van der Waals surface area contributed by atoms with Gasteiger partial charge in [-0.15, -0.1) is 11.3 Å². The normalized spacial score (nSPS) is 12.6. The predicted octanol–water partition coefficient (Wildman–Crippen LogP) is 4.73. The van der Waals surface area contributed by atoms with Crippen molar-refractivity contribution in [2.75, 3.05) is 12.4 Å². The van der Waals surface area contributed by atoms with Crippen LogP contribution in [-0.2, 0) is 33.8 Å². The van der Waals surface area contributed by atoms with E-state index in [2.05, 4.69) is 15.8 Å². The number of fused-ring (bicyclic) bond motifs is 1. The van der Waals surface area contributed by atoms with Crippen LogP contribution in [0.4, 0.5) is 5.00 Å². The Hall–Kier alpha value is -3.69. The highest BCUT2D eigenvalue weighted by atomic mass is 35.5. The molecule has 0 saturated carbocycles. The van der Waals surface area contributed by atoms with Gasteiger partial charge < -0.3 is 14.8 Å². The molecule has 1 aromatic heterocycles. The molecular weight excluding hydrogens is 502 g/mol. The van der Waals surface area contributed by atoms with Gasteiger partial charge >= 0.3 is 17.8 Å². The van der Waals surface area contributed by atoms with Crippen molar-refractivity contribution in [2.45, 2.75) is 32.3 Å². The Morgan fingerprint density at radius 3 is 2.61 bits per heavy atom. The molecule has 8 nitrogen and oxygen atoms in total. The van der Waals surface area contributed by atoms with E-state index in [1.54, 1.807) is 30.3 Å². The van der Waals surface area contributed by atoms with Gasteiger partial charge in [0.1, 0.15) is 17.4 Å². The summed E-state index contributed by atoms with van der Waals surface area (Å²) in [5, 5.41) is 7.36. The highest BCUT2D eigenvalue weighted by molar-refractivity contribution is 7.17. The minimum absolute atomic E-state index is 0.325. The van der Waals surface area contributed by atoms with Gasteiger partial charge in [0.2, 0.25) is 0 Å². The largest absolute Gasteiger partial charge is 0.489 e. The number of hydrogen-bond acceptors (Lipinski definition) is 7. The van der Waals surface area contributed by atoms with Crippen LogP contribution >= 0.6 is 22.9 Å². The zero-order valence-electron chi connectivity index (χ0n) is 19.5. The number of amides is 2. The van der Waals surface area contributed by atoms with Gasteiger partial charge in [0, 0.05) is 9.90 Å². The minimum Gasteiger partial charge on any atom is -0.489 e. The van der Waals surface area contributed by atoms with Crippen LogP contribution < -0.4 is 15.5 Å². The van der Waals surface area contributed by atoms with Gasteiger partial charge in [-0.05, 0) is 78.8 Å². The molecule has 0 saturated heterocycles. The minimum atomic E-state index is -0.949. The lowest BCUT2D eigenvalue weighted by Crippen LogP contribution is -2.32. The van der Waals surface area contributed by atoms with E-state index in [1.807, 2.05) is 18.2 Å². The Morgan fingerprint density at radius 2 is 1.86 bits per heavy atom. The first-order valence-corrected chi connectivity index (χ1v) is 12.5. The molecule has 0 spiro atoms. The fourth-order valence-corrected chi connectivity index (χ4v) is 5.28. The number of nitrogens with zero attached hydrogens (tertiary/aromatic N) is 1. The maximum Gasteiger partial charge on any atom is 0.341 e. The third-order valence-electron chi connectivity index (χ3n) is 5.55.